The SMILES string of the molecule is CCOC(c1ccc(Cl)cc1)c1cn(CCc2ccc(OC)c(OCc3ccccc3)c2)nn1. The Morgan fingerprint density at radius 3 is 2.47 bits per heavy atom. The number of aryl methyl sites for hydroxylation is 2. The van der Waals surface area contributed by atoms with Crippen LogP contribution in [0.1, 0.15) is 35.4 Å². The van der Waals surface area contributed by atoms with Gasteiger partial charge in [-0.15, -0.1) is 5.10 Å². The Labute approximate surface area is 205 Å². The first kappa shape index (κ1) is 23.8. The molecule has 0 N–H and O–H groups in total. The van der Waals surface area contributed by atoms with Gasteiger partial charge in [-0.05, 0) is 54.3 Å². The maximum Gasteiger partial charge on any atom is 0.161 e. The van der Waals surface area contributed by atoms with Crippen LogP contribution < -0.4 is 9.47 Å². The fraction of sp³-hybridized carbons (Fsp3) is 0.259. The van der Waals surface area contributed by atoms with E-state index in [1.54, 1.807) is 7.11 Å². The molecule has 0 aliphatic rings. The monoisotopic (exact) mass is 477 g/mol. The van der Waals surface area contributed by atoms with Crippen molar-refractivity contribution >= 4 is 11.6 Å². The Hall–Kier alpha value is -3.35. The first-order valence-electron chi connectivity index (χ1n) is 11.3. The van der Waals surface area contributed by atoms with Gasteiger partial charge in [-0.3, -0.25) is 4.68 Å². The highest BCUT2D eigenvalue weighted by atomic mass is 35.5. The predicted octanol–water partition coefficient (Wildman–Crippen LogP) is 5.89. The molecule has 0 spiro atoms. The number of nitrogens with zero attached hydrogens (tertiary/aromatic N) is 3. The minimum Gasteiger partial charge on any atom is -0.493 e. The van der Waals surface area contributed by atoms with Crippen molar-refractivity contribution in [2.75, 3.05) is 13.7 Å². The van der Waals surface area contributed by atoms with Gasteiger partial charge in [0.25, 0.3) is 0 Å². The Morgan fingerprint density at radius 2 is 1.74 bits per heavy atom. The van der Waals surface area contributed by atoms with Crippen LogP contribution in [0.15, 0.2) is 79.0 Å². The summed E-state index contributed by atoms with van der Waals surface area (Å²) in [7, 11) is 1.65. The lowest BCUT2D eigenvalue weighted by Crippen LogP contribution is -2.07. The second-order valence-corrected chi connectivity index (χ2v) is 8.24. The summed E-state index contributed by atoms with van der Waals surface area (Å²) in [4.78, 5) is 0. The van der Waals surface area contributed by atoms with E-state index in [1.807, 2.05) is 90.6 Å². The fourth-order valence-corrected chi connectivity index (χ4v) is 3.79. The van der Waals surface area contributed by atoms with Crippen LogP contribution in [-0.2, 0) is 24.3 Å². The van der Waals surface area contributed by atoms with Crippen LogP contribution in [0.25, 0.3) is 0 Å². The van der Waals surface area contributed by atoms with Crippen molar-refractivity contribution < 1.29 is 14.2 Å². The van der Waals surface area contributed by atoms with Crippen LogP contribution in [-0.4, -0.2) is 28.7 Å². The standard InChI is InChI=1S/C27H28ClN3O3/c1-3-33-27(22-10-12-23(28)13-11-22)24-18-31(30-29-24)16-15-20-9-14-25(32-2)26(17-20)34-19-21-7-5-4-6-8-21/h4-14,17-18,27H,3,15-16,19H2,1-2H3. The molecule has 1 aromatic heterocycles. The van der Waals surface area contributed by atoms with Crippen molar-refractivity contribution in [1.82, 2.24) is 15.0 Å². The molecule has 0 bridgehead atoms. The van der Waals surface area contributed by atoms with Crippen molar-refractivity contribution in [3.63, 3.8) is 0 Å². The molecule has 7 heteroatoms. The zero-order valence-corrected chi connectivity index (χ0v) is 20.1. The second kappa shape index (κ2) is 11.7. The molecule has 0 radical (unpaired) electrons. The smallest absolute Gasteiger partial charge is 0.161 e. The van der Waals surface area contributed by atoms with Crippen LogP contribution in [0.4, 0.5) is 0 Å². The van der Waals surface area contributed by atoms with Crippen LogP contribution >= 0.6 is 11.6 Å². The van der Waals surface area contributed by atoms with E-state index in [-0.39, 0.29) is 6.10 Å². The maximum absolute atomic E-state index is 6.04. The molecule has 0 saturated carbocycles. The Morgan fingerprint density at radius 1 is 0.941 bits per heavy atom. The van der Waals surface area contributed by atoms with Crippen molar-refractivity contribution in [2.24, 2.45) is 0 Å². The van der Waals surface area contributed by atoms with Gasteiger partial charge in [0.1, 0.15) is 18.4 Å². The summed E-state index contributed by atoms with van der Waals surface area (Å²) >= 11 is 6.03. The van der Waals surface area contributed by atoms with E-state index < -0.39 is 0 Å². The summed E-state index contributed by atoms with van der Waals surface area (Å²) in [6, 6.07) is 23.7. The topological polar surface area (TPSA) is 58.4 Å². The molecule has 0 amide bonds. The molecule has 6 nitrogen and oxygen atoms in total. The lowest BCUT2D eigenvalue weighted by molar-refractivity contribution is 0.0883. The molecule has 0 saturated heterocycles. The van der Waals surface area contributed by atoms with Crippen molar-refractivity contribution in [2.45, 2.75) is 32.6 Å². The molecule has 0 fully saturated rings. The predicted molar refractivity (Wildman–Crippen MR) is 132 cm³/mol. The molecule has 3 aromatic carbocycles. The second-order valence-electron chi connectivity index (χ2n) is 7.80. The number of hydrogen-bond acceptors (Lipinski definition) is 5. The quantitative estimate of drug-likeness (QED) is 0.269. The zero-order valence-electron chi connectivity index (χ0n) is 19.4. The summed E-state index contributed by atoms with van der Waals surface area (Å²) in [5.41, 5.74) is 3.99. The van der Waals surface area contributed by atoms with E-state index in [4.69, 9.17) is 25.8 Å². The van der Waals surface area contributed by atoms with E-state index >= 15 is 0 Å². The number of ether oxygens (including phenoxy) is 3. The molecule has 176 valence electrons. The van der Waals surface area contributed by atoms with Gasteiger partial charge in [0, 0.05) is 18.2 Å². The number of halogens is 1. The van der Waals surface area contributed by atoms with E-state index in [0.717, 1.165) is 34.6 Å². The number of methoxy groups -OCH3 is 1. The first-order valence-corrected chi connectivity index (χ1v) is 11.6. The third-order valence-corrected chi connectivity index (χ3v) is 5.68. The average molecular weight is 478 g/mol. The number of aromatic nitrogens is 3. The number of rotatable bonds is 11. The fourth-order valence-electron chi connectivity index (χ4n) is 3.67. The lowest BCUT2D eigenvalue weighted by Gasteiger charge is -2.14. The van der Waals surface area contributed by atoms with Gasteiger partial charge < -0.3 is 14.2 Å². The van der Waals surface area contributed by atoms with Gasteiger partial charge in [-0.1, -0.05) is 65.3 Å². The molecule has 1 heterocycles. The molecule has 0 aliphatic heterocycles. The van der Waals surface area contributed by atoms with Gasteiger partial charge in [0.05, 0.1) is 13.3 Å². The lowest BCUT2D eigenvalue weighted by atomic mass is 10.1. The van der Waals surface area contributed by atoms with E-state index in [9.17, 15) is 0 Å². The van der Waals surface area contributed by atoms with Crippen molar-refractivity contribution in [3.8, 4) is 11.5 Å². The van der Waals surface area contributed by atoms with Gasteiger partial charge in [-0.2, -0.15) is 0 Å². The molecular weight excluding hydrogens is 450 g/mol. The highest BCUT2D eigenvalue weighted by molar-refractivity contribution is 6.30. The van der Waals surface area contributed by atoms with Crippen LogP contribution in [0.3, 0.4) is 0 Å². The van der Waals surface area contributed by atoms with E-state index in [0.29, 0.717) is 30.5 Å². The first-order chi connectivity index (χ1) is 16.7. The Kier molecular flexibility index (Phi) is 8.17. The highest BCUT2D eigenvalue weighted by Crippen LogP contribution is 2.29. The molecule has 1 unspecified atom stereocenters. The van der Waals surface area contributed by atoms with E-state index in [1.165, 1.54) is 0 Å². The van der Waals surface area contributed by atoms with Crippen molar-refractivity contribution in [1.29, 1.82) is 0 Å². The number of hydrogen-bond donors (Lipinski definition) is 0. The van der Waals surface area contributed by atoms with Crippen LogP contribution in [0, 0.1) is 0 Å². The van der Waals surface area contributed by atoms with Gasteiger partial charge in [0.15, 0.2) is 11.5 Å². The Bertz CT molecular complexity index is 1180. The van der Waals surface area contributed by atoms with Gasteiger partial charge >= 0.3 is 0 Å². The van der Waals surface area contributed by atoms with Gasteiger partial charge in [0.2, 0.25) is 0 Å². The minimum absolute atomic E-state index is 0.282. The van der Waals surface area contributed by atoms with Gasteiger partial charge in [-0.25, -0.2) is 0 Å². The Balaban J connectivity index is 1.42. The molecule has 0 aliphatic carbocycles. The summed E-state index contributed by atoms with van der Waals surface area (Å²) < 4.78 is 19.3. The molecule has 4 aromatic rings. The summed E-state index contributed by atoms with van der Waals surface area (Å²) in [5, 5.41) is 9.37. The van der Waals surface area contributed by atoms with Crippen molar-refractivity contribution in [3.05, 3.63) is 106 Å². The zero-order chi connectivity index (χ0) is 23.8. The minimum atomic E-state index is -0.282. The molecular formula is C27H28ClN3O3. The summed E-state index contributed by atoms with van der Waals surface area (Å²) in [5.74, 6) is 1.44. The van der Waals surface area contributed by atoms with Crippen LogP contribution in [0.5, 0.6) is 11.5 Å². The average Bonchev–Trinajstić information content (AvgIpc) is 3.35. The molecule has 34 heavy (non-hydrogen) atoms. The third kappa shape index (κ3) is 6.16. The third-order valence-electron chi connectivity index (χ3n) is 5.43. The molecule has 1 atom stereocenters. The highest BCUT2D eigenvalue weighted by Gasteiger charge is 2.18. The van der Waals surface area contributed by atoms with E-state index in [2.05, 4.69) is 10.3 Å². The largest absolute Gasteiger partial charge is 0.493 e. The normalized spacial score (nSPS) is 11.9. The molecule has 4 rings (SSSR count). The maximum atomic E-state index is 6.04. The van der Waals surface area contributed by atoms with Crippen LogP contribution in [0.2, 0.25) is 5.02 Å². The summed E-state index contributed by atoms with van der Waals surface area (Å²) in [6.45, 7) is 3.69. The number of benzene rings is 3. The summed E-state index contributed by atoms with van der Waals surface area (Å²) in [6.07, 6.45) is 2.43.